The number of aromatic nitrogens is 3. The Hall–Kier alpha value is -2.54. The van der Waals surface area contributed by atoms with Crippen molar-refractivity contribution in [2.45, 2.75) is 68.3 Å². The molecule has 1 aliphatic carbocycles. The maximum absolute atomic E-state index is 12.8. The van der Waals surface area contributed by atoms with Crippen LogP contribution in [0.3, 0.4) is 0 Å². The maximum Gasteiger partial charge on any atom is 0.233 e. The van der Waals surface area contributed by atoms with E-state index in [4.69, 9.17) is 4.42 Å². The lowest BCUT2D eigenvalue weighted by Crippen LogP contribution is -2.33. The molecule has 1 aliphatic rings. The van der Waals surface area contributed by atoms with E-state index in [9.17, 15) is 4.79 Å². The zero-order valence-corrected chi connectivity index (χ0v) is 19.0. The number of benzene rings is 1. The van der Waals surface area contributed by atoms with Gasteiger partial charge in [0, 0.05) is 12.6 Å². The summed E-state index contributed by atoms with van der Waals surface area (Å²) in [5.74, 6) is 1.76. The molecule has 1 saturated carbocycles. The molecule has 164 valence electrons. The number of nitrogens with one attached hydrogen (secondary N) is 1. The van der Waals surface area contributed by atoms with Crippen molar-refractivity contribution in [2.75, 3.05) is 6.54 Å². The molecule has 7 heteroatoms. The topological polar surface area (TPSA) is 73.0 Å². The van der Waals surface area contributed by atoms with Gasteiger partial charge in [0.1, 0.15) is 0 Å². The number of rotatable bonds is 8. The first kappa shape index (κ1) is 21.7. The third kappa shape index (κ3) is 5.21. The second-order valence-electron chi connectivity index (χ2n) is 8.26. The van der Waals surface area contributed by atoms with Gasteiger partial charge in [-0.15, -0.1) is 10.2 Å². The summed E-state index contributed by atoms with van der Waals surface area (Å²) in [4.78, 5) is 12.8. The van der Waals surface area contributed by atoms with Crippen LogP contribution < -0.4 is 5.32 Å². The molecule has 0 spiro atoms. The molecule has 3 aromatic rings. The molecule has 0 bridgehead atoms. The summed E-state index contributed by atoms with van der Waals surface area (Å²) in [7, 11) is 0. The predicted octanol–water partition coefficient (Wildman–Crippen LogP) is 5.44. The molecule has 0 aliphatic heterocycles. The van der Waals surface area contributed by atoms with Gasteiger partial charge in [0.15, 0.2) is 10.9 Å². The Morgan fingerprint density at radius 3 is 2.61 bits per heavy atom. The van der Waals surface area contributed by atoms with Gasteiger partial charge in [0.05, 0.1) is 11.5 Å². The normalized spacial score (nSPS) is 16.7. The van der Waals surface area contributed by atoms with Crippen LogP contribution in [-0.2, 0) is 4.79 Å². The van der Waals surface area contributed by atoms with E-state index in [1.807, 2.05) is 37.3 Å². The average Bonchev–Trinajstić information content (AvgIpc) is 3.48. The second kappa shape index (κ2) is 10.2. The zero-order chi connectivity index (χ0) is 21.6. The van der Waals surface area contributed by atoms with Gasteiger partial charge in [-0.1, -0.05) is 68.3 Å². The molecular weight excluding hydrogens is 408 g/mol. The molecule has 4 rings (SSSR count). The van der Waals surface area contributed by atoms with Gasteiger partial charge in [0.25, 0.3) is 0 Å². The summed E-state index contributed by atoms with van der Waals surface area (Å²) in [5.41, 5.74) is 1.23. The van der Waals surface area contributed by atoms with Crippen LogP contribution in [0.5, 0.6) is 0 Å². The molecule has 2 atom stereocenters. The molecule has 1 N–H and O–H groups in total. The molecule has 6 nitrogen and oxygen atoms in total. The number of hydrogen-bond acceptors (Lipinski definition) is 5. The number of furan rings is 1. The van der Waals surface area contributed by atoms with Gasteiger partial charge < -0.3 is 9.73 Å². The van der Waals surface area contributed by atoms with Crippen molar-refractivity contribution < 1.29 is 9.21 Å². The highest BCUT2D eigenvalue weighted by molar-refractivity contribution is 8.00. The van der Waals surface area contributed by atoms with E-state index in [0.717, 1.165) is 29.6 Å². The van der Waals surface area contributed by atoms with E-state index in [1.54, 1.807) is 6.26 Å². The summed E-state index contributed by atoms with van der Waals surface area (Å²) in [6, 6.07) is 14.4. The molecule has 1 aromatic carbocycles. The molecule has 0 saturated heterocycles. The Morgan fingerprint density at radius 2 is 1.90 bits per heavy atom. The quantitative estimate of drug-likeness (QED) is 0.474. The summed E-state index contributed by atoms with van der Waals surface area (Å²) in [6.07, 6.45) is 7.56. The molecular formula is C24H30N4O2S. The first-order valence-corrected chi connectivity index (χ1v) is 12.0. The first-order valence-electron chi connectivity index (χ1n) is 11.1. The van der Waals surface area contributed by atoms with Crippen LogP contribution in [0, 0.1) is 0 Å². The fourth-order valence-corrected chi connectivity index (χ4v) is 5.05. The Kier molecular flexibility index (Phi) is 7.12. The highest BCUT2D eigenvalue weighted by atomic mass is 32.2. The number of carbonyl (C=O) groups is 1. The lowest BCUT2D eigenvalue weighted by atomic mass is 9.95. The molecule has 2 unspecified atom stereocenters. The van der Waals surface area contributed by atoms with Crippen molar-refractivity contribution >= 4 is 17.7 Å². The minimum absolute atomic E-state index is 0.0190. The van der Waals surface area contributed by atoms with E-state index in [-0.39, 0.29) is 17.1 Å². The average molecular weight is 439 g/mol. The predicted molar refractivity (Wildman–Crippen MR) is 123 cm³/mol. The highest BCUT2D eigenvalue weighted by Gasteiger charge is 2.27. The van der Waals surface area contributed by atoms with Gasteiger partial charge in [0.2, 0.25) is 11.7 Å². The Morgan fingerprint density at radius 1 is 1.13 bits per heavy atom. The van der Waals surface area contributed by atoms with Crippen LogP contribution in [0.4, 0.5) is 0 Å². The number of hydrogen-bond donors (Lipinski definition) is 1. The van der Waals surface area contributed by atoms with Gasteiger partial charge in [-0.2, -0.15) is 0 Å². The smallest absolute Gasteiger partial charge is 0.233 e. The van der Waals surface area contributed by atoms with Crippen LogP contribution in [0.15, 0.2) is 58.3 Å². The SMILES string of the molecule is CC(Sc1nnc(-c2ccco2)n1C1CCCCC1)C(=O)NCC(C)c1ccccc1. The van der Waals surface area contributed by atoms with Crippen molar-refractivity contribution in [1.29, 1.82) is 0 Å². The third-order valence-corrected chi connectivity index (χ3v) is 7.01. The fourth-order valence-electron chi connectivity index (χ4n) is 4.11. The first-order chi connectivity index (χ1) is 15.1. The summed E-state index contributed by atoms with van der Waals surface area (Å²) < 4.78 is 7.81. The van der Waals surface area contributed by atoms with E-state index < -0.39 is 0 Å². The summed E-state index contributed by atoms with van der Waals surface area (Å²) in [6.45, 7) is 4.67. The summed E-state index contributed by atoms with van der Waals surface area (Å²) in [5, 5.41) is 12.5. The van der Waals surface area contributed by atoms with Crippen LogP contribution >= 0.6 is 11.8 Å². The minimum atomic E-state index is -0.265. The van der Waals surface area contributed by atoms with Gasteiger partial charge in [-0.25, -0.2) is 0 Å². The van der Waals surface area contributed by atoms with Crippen LogP contribution in [0.1, 0.15) is 63.5 Å². The largest absolute Gasteiger partial charge is 0.461 e. The van der Waals surface area contributed by atoms with Crippen molar-refractivity contribution in [2.24, 2.45) is 0 Å². The highest BCUT2D eigenvalue weighted by Crippen LogP contribution is 2.36. The molecule has 31 heavy (non-hydrogen) atoms. The number of amides is 1. The van der Waals surface area contributed by atoms with Crippen molar-refractivity contribution in [1.82, 2.24) is 20.1 Å². The van der Waals surface area contributed by atoms with Crippen molar-refractivity contribution in [3.63, 3.8) is 0 Å². The van der Waals surface area contributed by atoms with Gasteiger partial charge >= 0.3 is 0 Å². The monoisotopic (exact) mass is 438 g/mol. The zero-order valence-electron chi connectivity index (χ0n) is 18.2. The Balaban J connectivity index is 1.44. The Labute approximate surface area is 187 Å². The Bertz CT molecular complexity index is 965. The van der Waals surface area contributed by atoms with E-state index >= 15 is 0 Å². The number of thioether (sulfide) groups is 1. The molecule has 2 aromatic heterocycles. The second-order valence-corrected chi connectivity index (χ2v) is 9.57. The van der Waals surface area contributed by atoms with E-state index in [2.05, 4.69) is 39.1 Å². The lowest BCUT2D eigenvalue weighted by Gasteiger charge is -2.25. The number of nitrogens with zero attached hydrogens (tertiary/aromatic N) is 3. The molecule has 2 heterocycles. The summed E-state index contributed by atoms with van der Waals surface area (Å²) >= 11 is 1.47. The van der Waals surface area contributed by atoms with Gasteiger partial charge in [-0.05, 0) is 43.4 Å². The standard InChI is InChI=1S/C24H30N4O2S/c1-17(19-10-5-3-6-11-19)16-25-23(29)18(2)31-24-27-26-22(21-14-9-15-30-21)28(24)20-12-7-4-8-13-20/h3,5-6,9-11,14-15,17-18,20H,4,7-8,12-13,16H2,1-2H3,(H,25,29). The van der Waals surface area contributed by atoms with E-state index in [1.165, 1.54) is 36.6 Å². The van der Waals surface area contributed by atoms with Crippen LogP contribution in [0.2, 0.25) is 0 Å². The molecule has 1 fully saturated rings. The molecule has 0 radical (unpaired) electrons. The van der Waals surface area contributed by atoms with Crippen molar-refractivity contribution in [3.8, 4) is 11.6 Å². The maximum atomic E-state index is 12.8. The minimum Gasteiger partial charge on any atom is -0.461 e. The third-order valence-electron chi connectivity index (χ3n) is 5.95. The number of carbonyl (C=O) groups excluding carboxylic acids is 1. The lowest BCUT2D eigenvalue weighted by molar-refractivity contribution is -0.120. The van der Waals surface area contributed by atoms with Crippen LogP contribution in [0.25, 0.3) is 11.6 Å². The fraction of sp³-hybridized carbons (Fsp3) is 0.458. The molecule has 1 amide bonds. The van der Waals surface area contributed by atoms with Crippen LogP contribution in [-0.4, -0.2) is 32.5 Å². The van der Waals surface area contributed by atoms with E-state index in [0.29, 0.717) is 12.6 Å². The van der Waals surface area contributed by atoms with Crippen molar-refractivity contribution in [3.05, 3.63) is 54.3 Å². The van der Waals surface area contributed by atoms with Gasteiger partial charge in [-0.3, -0.25) is 9.36 Å².